The van der Waals surface area contributed by atoms with Gasteiger partial charge in [-0.1, -0.05) is 0 Å². The van der Waals surface area contributed by atoms with Crippen molar-refractivity contribution in [3.63, 3.8) is 0 Å². The van der Waals surface area contributed by atoms with Gasteiger partial charge >= 0.3 is 0 Å². The molecule has 2 saturated carbocycles. The van der Waals surface area contributed by atoms with E-state index in [9.17, 15) is 14.4 Å². The first-order chi connectivity index (χ1) is 11.5. The van der Waals surface area contributed by atoms with E-state index < -0.39 is 5.91 Å². The van der Waals surface area contributed by atoms with E-state index in [1.807, 2.05) is 0 Å². The predicted molar refractivity (Wildman–Crippen MR) is 91.9 cm³/mol. The lowest BCUT2D eigenvalue weighted by atomic mass is 10.2. The molecule has 0 unspecified atom stereocenters. The van der Waals surface area contributed by atoms with E-state index in [1.54, 1.807) is 24.3 Å². The van der Waals surface area contributed by atoms with Gasteiger partial charge in [-0.2, -0.15) is 0 Å². The molecule has 4 N–H and O–H groups in total. The van der Waals surface area contributed by atoms with E-state index in [0.29, 0.717) is 11.3 Å². The van der Waals surface area contributed by atoms with Gasteiger partial charge in [-0.25, -0.2) is 0 Å². The second kappa shape index (κ2) is 6.96. The first-order valence-electron chi connectivity index (χ1n) is 7.85. The maximum absolute atomic E-state index is 12.0. The first-order valence-corrected chi connectivity index (χ1v) is 8.26. The van der Waals surface area contributed by atoms with Gasteiger partial charge in [0.2, 0.25) is 11.8 Å². The highest BCUT2D eigenvalue weighted by atomic mass is 32.1. The van der Waals surface area contributed by atoms with Crippen LogP contribution in [0.25, 0.3) is 0 Å². The lowest BCUT2D eigenvalue weighted by Crippen LogP contribution is -2.48. The van der Waals surface area contributed by atoms with Crippen LogP contribution in [0.15, 0.2) is 24.3 Å². The maximum atomic E-state index is 12.0. The molecule has 24 heavy (non-hydrogen) atoms. The zero-order valence-electron chi connectivity index (χ0n) is 12.9. The van der Waals surface area contributed by atoms with E-state index in [2.05, 4.69) is 21.5 Å². The molecule has 0 radical (unpaired) electrons. The normalized spacial score (nSPS) is 16.0. The van der Waals surface area contributed by atoms with E-state index in [4.69, 9.17) is 12.2 Å². The van der Waals surface area contributed by atoms with Crippen LogP contribution in [-0.2, 0) is 9.59 Å². The molecule has 3 rings (SSSR count). The van der Waals surface area contributed by atoms with Gasteiger partial charge in [0.1, 0.15) is 0 Å². The summed E-state index contributed by atoms with van der Waals surface area (Å²) in [5, 5.41) is 5.38. The molecular formula is C16H18N4O3S. The Kier molecular flexibility index (Phi) is 4.75. The molecule has 0 atom stereocenters. The molecule has 0 aliphatic heterocycles. The van der Waals surface area contributed by atoms with Crippen LogP contribution >= 0.6 is 12.2 Å². The minimum absolute atomic E-state index is 0.0191. The zero-order valence-corrected chi connectivity index (χ0v) is 13.7. The number of carbonyl (C=O) groups is 3. The van der Waals surface area contributed by atoms with Crippen LogP contribution in [0, 0.1) is 11.8 Å². The molecule has 8 heteroatoms. The second-order valence-electron chi connectivity index (χ2n) is 6.01. The molecule has 1 aromatic carbocycles. The van der Waals surface area contributed by atoms with Crippen LogP contribution in [0.4, 0.5) is 5.69 Å². The third kappa shape index (κ3) is 4.51. The third-order valence-corrected chi connectivity index (χ3v) is 4.04. The molecule has 2 aliphatic rings. The van der Waals surface area contributed by atoms with Gasteiger partial charge in [0.25, 0.3) is 5.91 Å². The van der Waals surface area contributed by atoms with Crippen molar-refractivity contribution < 1.29 is 14.4 Å². The number of nitrogens with one attached hydrogen (secondary N) is 4. The monoisotopic (exact) mass is 346 g/mol. The molecule has 126 valence electrons. The summed E-state index contributed by atoms with van der Waals surface area (Å²) in [4.78, 5) is 35.2. The Morgan fingerprint density at radius 1 is 0.875 bits per heavy atom. The second-order valence-corrected chi connectivity index (χ2v) is 6.42. The van der Waals surface area contributed by atoms with Crippen molar-refractivity contribution in [2.45, 2.75) is 25.7 Å². The van der Waals surface area contributed by atoms with Crippen molar-refractivity contribution in [3.8, 4) is 0 Å². The van der Waals surface area contributed by atoms with Crippen LogP contribution in [0.2, 0.25) is 0 Å². The molecule has 0 aromatic heterocycles. The largest absolute Gasteiger partial charge is 0.326 e. The molecule has 0 heterocycles. The number of rotatable bonds is 4. The van der Waals surface area contributed by atoms with Crippen LogP contribution in [0.3, 0.4) is 0 Å². The van der Waals surface area contributed by atoms with Crippen molar-refractivity contribution >= 4 is 40.7 Å². The Hall–Kier alpha value is -2.48. The minimum atomic E-state index is -0.391. The molecule has 3 amide bonds. The van der Waals surface area contributed by atoms with Crippen LogP contribution in [0.5, 0.6) is 0 Å². The average molecular weight is 346 g/mol. The maximum Gasteiger partial charge on any atom is 0.269 e. The molecule has 7 nitrogen and oxygen atoms in total. The summed E-state index contributed by atoms with van der Waals surface area (Å²) >= 11 is 4.94. The number of anilines is 1. The Bertz CT molecular complexity index is 681. The van der Waals surface area contributed by atoms with E-state index in [-0.39, 0.29) is 28.8 Å². The summed E-state index contributed by atoms with van der Waals surface area (Å²) in [6.07, 6.45) is 3.64. The fourth-order valence-corrected chi connectivity index (χ4v) is 2.22. The number of benzene rings is 1. The molecule has 0 saturated heterocycles. The lowest BCUT2D eigenvalue weighted by Gasteiger charge is -2.11. The highest BCUT2D eigenvalue weighted by molar-refractivity contribution is 7.80. The highest BCUT2D eigenvalue weighted by Gasteiger charge is 2.30. The Morgan fingerprint density at radius 3 is 2.04 bits per heavy atom. The highest BCUT2D eigenvalue weighted by Crippen LogP contribution is 2.30. The minimum Gasteiger partial charge on any atom is -0.326 e. The predicted octanol–water partition coefficient (Wildman–Crippen LogP) is 1.08. The summed E-state index contributed by atoms with van der Waals surface area (Å²) < 4.78 is 0. The van der Waals surface area contributed by atoms with Gasteiger partial charge in [-0.05, 0) is 62.2 Å². The first kappa shape index (κ1) is 16.4. The molecule has 2 fully saturated rings. The Balaban J connectivity index is 1.44. The van der Waals surface area contributed by atoms with Crippen molar-refractivity contribution in [1.29, 1.82) is 0 Å². The molecule has 2 aliphatic carbocycles. The number of hydrogen-bond acceptors (Lipinski definition) is 4. The number of hydrazine groups is 1. The molecule has 1 aromatic rings. The standard InChI is InChI=1S/C16H18N4O3S/c21-13(9-1-2-9)17-12-7-5-11(6-8-12)15(23)19-20-16(24)18-14(22)10-3-4-10/h5-10H,1-4H2,(H,17,21)(H,19,23)(H2,18,20,22,24). The fourth-order valence-electron chi connectivity index (χ4n) is 2.07. The van der Waals surface area contributed by atoms with Crippen molar-refractivity contribution in [2.24, 2.45) is 11.8 Å². The van der Waals surface area contributed by atoms with E-state index >= 15 is 0 Å². The number of amides is 3. The van der Waals surface area contributed by atoms with Gasteiger partial charge in [-0.3, -0.25) is 25.2 Å². The Morgan fingerprint density at radius 2 is 1.46 bits per heavy atom. The summed E-state index contributed by atoms with van der Waals surface area (Å²) in [5.41, 5.74) is 5.98. The lowest BCUT2D eigenvalue weighted by molar-refractivity contribution is -0.121. The summed E-state index contributed by atoms with van der Waals surface area (Å²) in [5.74, 6) is -0.330. The summed E-state index contributed by atoms with van der Waals surface area (Å²) in [6, 6.07) is 6.54. The SMILES string of the molecule is O=C(NNC(=S)NC(=O)C1CC1)c1ccc(NC(=O)C2CC2)cc1. The van der Waals surface area contributed by atoms with Crippen molar-refractivity contribution in [3.05, 3.63) is 29.8 Å². The van der Waals surface area contributed by atoms with Gasteiger partial charge < -0.3 is 10.6 Å². The third-order valence-electron chi connectivity index (χ3n) is 3.84. The van der Waals surface area contributed by atoms with Gasteiger partial charge in [0, 0.05) is 23.1 Å². The van der Waals surface area contributed by atoms with Gasteiger partial charge in [0.15, 0.2) is 5.11 Å². The summed E-state index contributed by atoms with van der Waals surface area (Å²) in [6.45, 7) is 0. The smallest absolute Gasteiger partial charge is 0.269 e. The zero-order chi connectivity index (χ0) is 17.1. The van der Waals surface area contributed by atoms with Crippen molar-refractivity contribution in [2.75, 3.05) is 5.32 Å². The molecular weight excluding hydrogens is 328 g/mol. The van der Waals surface area contributed by atoms with Crippen LogP contribution < -0.4 is 21.5 Å². The Labute approximate surface area is 144 Å². The van der Waals surface area contributed by atoms with Crippen LogP contribution in [-0.4, -0.2) is 22.8 Å². The summed E-state index contributed by atoms with van der Waals surface area (Å²) in [7, 11) is 0. The molecule has 0 spiro atoms. The number of thiocarbonyl (C=S) groups is 1. The van der Waals surface area contributed by atoms with Crippen molar-refractivity contribution in [1.82, 2.24) is 16.2 Å². The quantitative estimate of drug-likeness (QED) is 0.483. The van der Waals surface area contributed by atoms with Gasteiger partial charge in [-0.15, -0.1) is 0 Å². The van der Waals surface area contributed by atoms with Crippen LogP contribution in [0.1, 0.15) is 36.0 Å². The number of hydrogen-bond donors (Lipinski definition) is 4. The van der Waals surface area contributed by atoms with E-state index in [0.717, 1.165) is 25.7 Å². The fraction of sp³-hybridized carbons (Fsp3) is 0.375. The average Bonchev–Trinajstić information content (AvgIpc) is 3.44. The topological polar surface area (TPSA) is 99.3 Å². The van der Waals surface area contributed by atoms with Gasteiger partial charge in [0.05, 0.1) is 0 Å². The molecule has 0 bridgehead atoms. The van der Waals surface area contributed by atoms with E-state index in [1.165, 1.54) is 0 Å². The number of carbonyl (C=O) groups excluding carboxylic acids is 3.